The van der Waals surface area contributed by atoms with Crippen LogP contribution < -0.4 is 19.6 Å². The number of nitrogens with zero attached hydrogens (tertiary/aromatic N) is 2. The summed E-state index contributed by atoms with van der Waals surface area (Å²) in [6.07, 6.45) is 1.44. The van der Waals surface area contributed by atoms with Crippen LogP contribution in [0.1, 0.15) is 55.4 Å². The van der Waals surface area contributed by atoms with Crippen molar-refractivity contribution in [3.63, 3.8) is 0 Å². The van der Waals surface area contributed by atoms with Gasteiger partial charge in [-0.2, -0.15) is 0 Å². The van der Waals surface area contributed by atoms with Crippen LogP contribution in [0.3, 0.4) is 0 Å². The SMILES string of the molecule is CCOC(=O)C1=C(C)N=c2s/c(=C/c3ccc(-c4cc(C(=O)O)ccc4Cl)o3)c(=O)n2[C@H]1c1ccccc1OC(C)C. The molecular formula is C31H27ClN2O7S. The molecule has 3 heterocycles. The second-order valence-electron chi connectivity index (χ2n) is 9.71. The highest BCUT2D eigenvalue weighted by Crippen LogP contribution is 2.36. The van der Waals surface area contributed by atoms with Crippen molar-refractivity contribution >= 4 is 41.0 Å². The van der Waals surface area contributed by atoms with Gasteiger partial charge in [-0.05, 0) is 64.1 Å². The predicted octanol–water partition coefficient (Wildman–Crippen LogP) is 5.20. The van der Waals surface area contributed by atoms with E-state index >= 15 is 0 Å². The molecule has 0 saturated carbocycles. The van der Waals surface area contributed by atoms with Gasteiger partial charge in [-0.3, -0.25) is 9.36 Å². The molecule has 0 fully saturated rings. The largest absolute Gasteiger partial charge is 0.491 e. The number of carbonyl (C=O) groups excluding carboxylic acids is 1. The fourth-order valence-electron chi connectivity index (χ4n) is 4.70. The number of aromatic carboxylic acids is 1. The van der Waals surface area contributed by atoms with Crippen molar-refractivity contribution in [2.75, 3.05) is 6.61 Å². The van der Waals surface area contributed by atoms with Crippen molar-refractivity contribution in [3.05, 3.63) is 107 Å². The quantitative estimate of drug-likeness (QED) is 0.274. The number of aromatic nitrogens is 1. The fraction of sp³-hybridized carbons (Fsp3) is 0.226. The van der Waals surface area contributed by atoms with Crippen LogP contribution in [0.25, 0.3) is 17.4 Å². The molecule has 9 nitrogen and oxygen atoms in total. The summed E-state index contributed by atoms with van der Waals surface area (Å²) in [5.74, 6) is -0.407. The summed E-state index contributed by atoms with van der Waals surface area (Å²) in [7, 11) is 0. The molecule has 0 aliphatic carbocycles. The van der Waals surface area contributed by atoms with Crippen LogP contribution in [0.15, 0.2) is 80.1 Å². The van der Waals surface area contributed by atoms with Gasteiger partial charge in [0.2, 0.25) is 0 Å². The predicted molar refractivity (Wildman–Crippen MR) is 159 cm³/mol. The van der Waals surface area contributed by atoms with Crippen LogP contribution >= 0.6 is 22.9 Å². The van der Waals surface area contributed by atoms with Crippen LogP contribution in [0, 0.1) is 0 Å². The number of carbonyl (C=O) groups is 2. The second kappa shape index (κ2) is 11.8. The van der Waals surface area contributed by atoms with Crippen LogP contribution in [-0.4, -0.2) is 34.3 Å². The van der Waals surface area contributed by atoms with Gasteiger partial charge in [0.25, 0.3) is 5.56 Å². The number of rotatable bonds is 8. The first-order chi connectivity index (χ1) is 20.1. The Morgan fingerprint density at radius 2 is 1.95 bits per heavy atom. The van der Waals surface area contributed by atoms with Gasteiger partial charge in [0.05, 0.1) is 39.1 Å². The smallest absolute Gasteiger partial charge is 0.338 e. The lowest BCUT2D eigenvalue weighted by molar-refractivity contribution is -0.139. The van der Waals surface area contributed by atoms with Crippen LogP contribution in [0.2, 0.25) is 5.02 Å². The highest BCUT2D eigenvalue weighted by atomic mass is 35.5. The molecule has 2 aromatic carbocycles. The molecule has 1 N–H and O–H groups in total. The van der Waals surface area contributed by atoms with E-state index in [0.29, 0.717) is 48.5 Å². The number of thiazole rings is 1. The van der Waals surface area contributed by atoms with E-state index in [1.54, 1.807) is 38.1 Å². The van der Waals surface area contributed by atoms with Gasteiger partial charge in [-0.1, -0.05) is 41.1 Å². The number of furan rings is 1. The highest BCUT2D eigenvalue weighted by molar-refractivity contribution is 7.07. The minimum absolute atomic E-state index is 0.0650. The third-order valence-electron chi connectivity index (χ3n) is 6.47. The average Bonchev–Trinajstić information content (AvgIpc) is 3.52. The monoisotopic (exact) mass is 606 g/mol. The Morgan fingerprint density at radius 1 is 1.19 bits per heavy atom. The maximum Gasteiger partial charge on any atom is 0.338 e. The Labute approximate surface area is 249 Å². The second-order valence-corrected chi connectivity index (χ2v) is 11.1. The van der Waals surface area contributed by atoms with Gasteiger partial charge >= 0.3 is 11.9 Å². The van der Waals surface area contributed by atoms with Crippen LogP contribution in [-0.2, 0) is 9.53 Å². The molecule has 0 radical (unpaired) electrons. The minimum Gasteiger partial charge on any atom is -0.491 e. The zero-order valence-corrected chi connectivity index (χ0v) is 24.8. The molecule has 1 atom stereocenters. The minimum atomic E-state index is -1.09. The molecule has 5 rings (SSSR count). The summed E-state index contributed by atoms with van der Waals surface area (Å²) in [4.78, 5) is 43.6. The summed E-state index contributed by atoms with van der Waals surface area (Å²) in [5.41, 5.74) is 1.43. The maximum atomic E-state index is 14.0. The van der Waals surface area contributed by atoms with E-state index in [1.165, 1.54) is 22.8 Å². The molecule has 0 unspecified atom stereocenters. The summed E-state index contributed by atoms with van der Waals surface area (Å²) in [6.45, 7) is 7.40. The Hall–Kier alpha value is -4.41. The number of benzene rings is 2. The van der Waals surface area contributed by atoms with Crippen molar-refractivity contribution in [1.82, 2.24) is 4.57 Å². The highest BCUT2D eigenvalue weighted by Gasteiger charge is 2.35. The van der Waals surface area contributed by atoms with Gasteiger partial charge in [-0.15, -0.1) is 0 Å². The van der Waals surface area contributed by atoms with Gasteiger partial charge in [0.1, 0.15) is 23.3 Å². The van der Waals surface area contributed by atoms with E-state index in [0.717, 1.165) is 11.3 Å². The lowest BCUT2D eigenvalue weighted by Crippen LogP contribution is -2.40. The first-order valence-corrected chi connectivity index (χ1v) is 14.4. The van der Waals surface area contributed by atoms with E-state index in [4.69, 9.17) is 25.5 Å². The van der Waals surface area contributed by atoms with Gasteiger partial charge in [0, 0.05) is 17.2 Å². The Kier molecular flexibility index (Phi) is 8.20. The molecule has 0 saturated heterocycles. The molecule has 216 valence electrons. The van der Waals surface area contributed by atoms with Gasteiger partial charge < -0.3 is 19.0 Å². The molecule has 42 heavy (non-hydrogen) atoms. The molecule has 11 heteroatoms. The lowest BCUT2D eigenvalue weighted by atomic mass is 9.95. The topological polar surface area (TPSA) is 120 Å². The molecule has 1 aliphatic rings. The first-order valence-electron chi connectivity index (χ1n) is 13.2. The zero-order valence-electron chi connectivity index (χ0n) is 23.2. The van der Waals surface area contributed by atoms with Crippen molar-refractivity contribution in [1.29, 1.82) is 0 Å². The first kappa shape index (κ1) is 29.1. The number of esters is 1. The number of fused-ring (bicyclic) bond motifs is 1. The van der Waals surface area contributed by atoms with Crippen molar-refractivity contribution < 1.29 is 28.6 Å². The Balaban J connectivity index is 1.65. The van der Waals surface area contributed by atoms with Crippen molar-refractivity contribution in [3.8, 4) is 17.1 Å². The van der Waals surface area contributed by atoms with E-state index in [9.17, 15) is 19.5 Å². The van der Waals surface area contributed by atoms with Crippen LogP contribution in [0.4, 0.5) is 0 Å². The van der Waals surface area contributed by atoms with E-state index < -0.39 is 18.0 Å². The number of hydrogen-bond acceptors (Lipinski definition) is 8. The van der Waals surface area contributed by atoms with Gasteiger partial charge in [0.15, 0.2) is 4.80 Å². The summed E-state index contributed by atoms with van der Waals surface area (Å²) >= 11 is 7.47. The lowest BCUT2D eigenvalue weighted by Gasteiger charge is -2.26. The summed E-state index contributed by atoms with van der Waals surface area (Å²) in [6, 6.07) is 14.1. The fourth-order valence-corrected chi connectivity index (χ4v) is 5.94. The molecule has 4 aromatic rings. The normalized spacial score (nSPS) is 15.0. The number of carboxylic acid groups (broad SMARTS) is 1. The number of allylic oxidation sites excluding steroid dienone is 1. The molecule has 0 bridgehead atoms. The Morgan fingerprint density at radius 3 is 2.67 bits per heavy atom. The van der Waals surface area contributed by atoms with Crippen LogP contribution in [0.5, 0.6) is 5.75 Å². The molecular weight excluding hydrogens is 580 g/mol. The molecule has 0 spiro atoms. The van der Waals surface area contributed by atoms with E-state index in [-0.39, 0.29) is 29.4 Å². The zero-order chi connectivity index (χ0) is 30.1. The third kappa shape index (κ3) is 5.55. The summed E-state index contributed by atoms with van der Waals surface area (Å²) < 4.78 is 19.2. The number of ether oxygens (including phenoxy) is 2. The number of para-hydroxylation sites is 1. The standard InChI is InChI=1S/C31H27ClN2O7S/c1-5-39-30(38)26-17(4)33-31-34(27(26)20-8-6-7-9-23(20)40-16(2)3)28(35)25(42-31)15-19-11-13-24(41-19)21-14-18(29(36)37)10-12-22(21)32/h6-16,27H,5H2,1-4H3,(H,36,37)/b25-15+/t27-/m0/s1. The van der Waals surface area contributed by atoms with Crippen molar-refractivity contribution in [2.45, 2.75) is 39.8 Å². The number of hydrogen-bond donors (Lipinski definition) is 1. The Bertz CT molecular complexity index is 1920. The van der Waals surface area contributed by atoms with Crippen molar-refractivity contribution in [2.24, 2.45) is 4.99 Å². The molecule has 0 amide bonds. The molecule has 2 aromatic heterocycles. The van der Waals surface area contributed by atoms with E-state index in [1.807, 2.05) is 32.0 Å². The molecule has 1 aliphatic heterocycles. The maximum absolute atomic E-state index is 14.0. The van der Waals surface area contributed by atoms with Gasteiger partial charge in [-0.25, -0.2) is 14.6 Å². The summed E-state index contributed by atoms with van der Waals surface area (Å²) in [5, 5.41) is 9.68. The average molecular weight is 607 g/mol. The third-order valence-corrected chi connectivity index (χ3v) is 7.78. The number of halogens is 1. The number of carboxylic acids is 1. The van der Waals surface area contributed by atoms with E-state index in [2.05, 4.69) is 4.99 Å².